The fraction of sp³-hybridized carbons (Fsp3) is 0.538. The summed E-state index contributed by atoms with van der Waals surface area (Å²) in [5.74, 6) is -9.58. The summed E-state index contributed by atoms with van der Waals surface area (Å²) >= 11 is 0. The molecule has 1 aliphatic carbocycles. The quantitative estimate of drug-likeness (QED) is 0.481. The predicted octanol–water partition coefficient (Wildman–Crippen LogP) is 4.37. The van der Waals surface area contributed by atoms with E-state index in [9.17, 15) is 22.0 Å². The van der Waals surface area contributed by atoms with Gasteiger partial charge in [-0.1, -0.05) is 13.8 Å². The smallest absolute Gasteiger partial charge is 0.200 e. The Balaban J connectivity index is 2.31. The summed E-state index contributed by atoms with van der Waals surface area (Å²) in [6, 6.07) is -0.289. The first-order chi connectivity index (χ1) is 8.73. The molecular weight excluding hydrogens is 265 g/mol. The molecule has 1 atom stereocenters. The summed E-state index contributed by atoms with van der Waals surface area (Å²) < 4.78 is 65.9. The van der Waals surface area contributed by atoms with E-state index in [2.05, 4.69) is 5.32 Å². The summed E-state index contributed by atoms with van der Waals surface area (Å²) in [4.78, 5) is 0. The minimum atomic E-state index is -2.13. The molecule has 1 aromatic rings. The fourth-order valence-electron chi connectivity index (χ4n) is 2.50. The predicted molar refractivity (Wildman–Crippen MR) is 61.3 cm³/mol. The van der Waals surface area contributed by atoms with Gasteiger partial charge >= 0.3 is 0 Å². The highest BCUT2D eigenvalue weighted by atomic mass is 19.2. The fourth-order valence-corrected chi connectivity index (χ4v) is 2.50. The van der Waals surface area contributed by atoms with Crippen LogP contribution < -0.4 is 5.32 Å². The maximum absolute atomic E-state index is 13.5. The molecule has 0 saturated heterocycles. The molecule has 0 radical (unpaired) electrons. The van der Waals surface area contributed by atoms with Gasteiger partial charge in [-0.2, -0.15) is 0 Å². The molecule has 0 heterocycles. The number of benzene rings is 1. The van der Waals surface area contributed by atoms with E-state index >= 15 is 0 Å². The van der Waals surface area contributed by atoms with Crippen LogP contribution >= 0.6 is 0 Å². The molecule has 1 nitrogen and oxygen atoms in total. The lowest BCUT2D eigenvalue weighted by molar-refractivity contribution is 0.373. The zero-order chi connectivity index (χ0) is 14.4. The number of nitrogens with one attached hydrogen (secondary N) is 1. The Kier molecular flexibility index (Phi) is 3.45. The molecular formula is C13H14F5N. The van der Waals surface area contributed by atoms with Crippen LogP contribution in [0.15, 0.2) is 0 Å². The molecule has 6 heteroatoms. The maximum Gasteiger partial charge on any atom is 0.200 e. The lowest BCUT2D eigenvalue weighted by atomic mass is 9.92. The summed E-state index contributed by atoms with van der Waals surface area (Å²) in [6.07, 6.45) is 2.08. The Bertz CT molecular complexity index is 483. The summed E-state index contributed by atoms with van der Waals surface area (Å²) in [5.41, 5.74) is -0.930. The summed E-state index contributed by atoms with van der Waals surface area (Å²) in [6.45, 7) is 3.99. The van der Waals surface area contributed by atoms with Crippen LogP contribution in [0.3, 0.4) is 0 Å². The van der Waals surface area contributed by atoms with Crippen molar-refractivity contribution in [3.05, 3.63) is 29.1 Å². The van der Waals surface area contributed by atoms with Gasteiger partial charge in [0.2, 0.25) is 5.82 Å². The Labute approximate surface area is 107 Å². The van der Waals surface area contributed by atoms with E-state index in [0.29, 0.717) is 12.8 Å². The number of halogens is 5. The van der Waals surface area contributed by atoms with E-state index < -0.39 is 34.8 Å². The number of anilines is 1. The van der Waals surface area contributed by atoms with Crippen molar-refractivity contribution in [2.45, 2.75) is 39.2 Å². The largest absolute Gasteiger partial charge is 0.377 e. The van der Waals surface area contributed by atoms with E-state index in [-0.39, 0.29) is 11.5 Å². The first kappa shape index (κ1) is 14.1. The third-order valence-corrected chi connectivity index (χ3v) is 3.53. The average Bonchev–Trinajstić information content (AvgIpc) is 2.69. The zero-order valence-electron chi connectivity index (χ0n) is 10.6. The molecule has 0 aromatic heterocycles. The van der Waals surface area contributed by atoms with Crippen LogP contribution in [0, 0.1) is 34.5 Å². The number of hydrogen-bond donors (Lipinski definition) is 1. The lowest BCUT2D eigenvalue weighted by Gasteiger charge is -2.19. The minimum Gasteiger partial charge on any atom is -0.377 e. The molecule has 106 valence electrons. The molecule has 1 aromatic carbocycles. The van der Waals surface area contributed by atoms with Gasteiger partial charge in [0.1, 0.15) is 5.69 Å². The monoisotopic (exact) mass is 279 g/mol. The van der Waals surface area contributed by atoms with Crippen LogP contribution in [-0.2, 0) is 0 Å². The van der Waals surface area contributed by atoms with E-state index in [1.54, 1.807) is 0 Å². The van der Waals surface area contributed by atoms with Gasteiger partial charge in [-0.25, -0.2) is 22.0 Å². The van der Waals surface area contributed by atoms with E-state index in [4.69, 9.17) is 0 Å². The third kappa shape index (κ3) is 2.53. The van der Waals surface area contributed by atoms with Gasteiger partial charge in [0.05, 0.1) is 0 Å². The van der Waals surface area contributed by atoms with E-state index in [1.807, 2.05) is 13.8 Å². The van der Waals surface area contributed by atoms with Gasteiger partial charge in [0, 0.05) is 6.04 Å². The molecule has 0 spiro atoms. The SMILES string of the molecule is CC1(C)CCC(Nc2c(F)c(F)c(F)c(F)c2F)C1. The number of hydrogen-bond acceptors (Lipinski definition) is 1. The second-order valence-corrected chi connectivity index (χ2v) is 5.69. The highest BCUT2D eigenvalue weighted by molar-refractivity contribution is 5.48. The molecule has 19 heavy (non-hydrogen) atoms. The van der Waals surface area contributed by atoms with Crippen molar-refractivity contribution in [2.75, 3.05) is 5.32 Å². The molecule has 1 saturated carbocycles. The van der Waals surface area contributed by atoms with Gasteiger partial charge in [0.15, 0.2) is 23.3 Å². The Hall–Kier alpha value is -1.33. The normalized spacial score (nSPS) is 21.7. The molecule has 0 bridgehead atoms. The van der Waals surface area contributed by atoms with Crippen molar-refractivity contribution in [2.24, 2.45) is 5.41 Å². The standard InChI is InChI=1S/C13H14F5N/c1-13(2)4-3-6(5-13)19-12-10(17)8(15)7(14)9(16)11(12)18/h6,19H,3-5H2,1-2H3. The van der Waals surface area contributed by atoms with Crippen LogP contribution in [0.25, 0.3) is 0 Å². The average molecular weight is 279 g/mol. The molecule has 1 N–H and O–H groups in total. The van der Waals surface area contributed by atoms with Crippen LogP contribution in [0.1, 0.15) is 33.1 Å². The van der Waals surface area contributed by atoms with Gasteiger partial charge in [-0.15, -0.1) is 0 Å². The highest BCUT2D eigenvalue weighted by Crippen LogP contribution is 2.39. The first-order valence-corrected chi connectivity index (χ1v) is 6.01. The Morgan fingerprint density at radius 3 is 1.79 bits per heavy atom. The molecule has 2 rings (SSSR count). The van der Waals surface area contributed by atoms with Gasteiger partial charge in [-0.05, 0) is 24.7 Å². The van der Waals surface area contributed by atoms with Crippen LogP contribution in [-0.4, -0.2) is 6.04 Å². The zero-order valence-corrected chi connectivity index (χ0v) is 10.6. The van der Waals surface area contributed by atoms with Crippen molar-refractivity contribution in [3.63, 3.8) is 0 Å². The van der Waals surface area contributed by atoms with Crippen molar-refractivity contribution >= 4 is 5.69 Å². The summed E-state index contributed by atoms with van der Waals surface area (Å²) in [5, 5.41) is 2.45. The molecule has 1 aliphatic rings. The number of rotatable bonds is 2. The van der Waals surface area contributed by atoms with Crippen LogP contribution in [0.5, 0.6) is 0 Å². The summed E-state index contributed by atoms with van der Waals surface area (Å²) in [7, 11) is 0. The van der Waals surface area contributed by atoms with Crippen LogP contribution in [0.4, 0.5) is 27.6 Å². The van der Waals surface area contributed by atoms with Crippen LogP contribution in [0.2, 0.25) is 0 Å². The molecule has 0 amide bonds. The van der Waals surface area contributed by atoms with Crippen molar-refractivity contribution in [3.8, 4) is 0 Å². The molecule has 0 aliphatic heterocycles. The second-order valence-electron chi connectivity index (χ2n) is 5.69. The topological polar surface area (TPSA) is 12.0 Å². The highest BCUT2D eigenvalue weighted by Gasteiger charge is 2.33. The second kappa shape index (κ2) is 4.65. The van der Waals surface area contributed by atoms with E-state index in [0.717, 1.165) is 6.42 Å². The Morgan fingerprint density at radius 1 is 0.895 bits per heavy atom. The Morgan fingerprint density at radius 2 is 1.37 bits per heavy atom. The maximum atomic E-state index is 13.5. The molecule has 1 fully saturated rings. The van der Waals surface area contributed by atoms with E-state index in [1.165, 1.54) is 0 Å². The first-order valence-electron chi connectivity index (χ1n) is 6.01. The van der Waals surface area contributed by atoms with Crippen molar-refractivity contribution in [1.82, 2.24) is 0 Å². The lowest BCUT2D eigenvalue weighted by Crippen LogP contribution is -2.20. The van der Waals surface area contributed by atoms with Gasteiger partial charge in [0.25, 0.3) is 0 Å². The van der Waals surface area contributed by atoms with Crippen molar-refractivity contribution < 1.29 is 22.0 Å². The minimum absolute atomic E-state index is 0.00172. The van der Waals surface area contributed by atoms with Gasteiger partial charge < -0.3 is 5.32 Å². The molecule has 1 unspecified atom stereocenters. The van der Waals surface area contributed by atoms with Crippen molar-refractivity contribution in [1.29, 1.82) is 0 Å². The third-order valence-electron chi connectivity index (χ3n) is 3.53. The van der Waals surface area contributed by atoms with Gasteiger partial charge in [-0.3, -0.25) is 0 Å².